The largest absolute Gasteiger partial charge is 0.494 e. The number of hydrogen-bond acceptors (Lipinski definition) is 5. The average Bonchev–Trinajstić information content (AvgIpc) is 2.86. The molecular formula is C26H30N4O2. The van der Waals surface area contributed by atoms with Crippen LogP contribution in [-0.2, 0) is 17.6 Å². The lowest BCUT2D eigenvalue weighted by Gasteiger charge is -2.35. The van der Waals surface area contributed by atoms with Crippen LogP contribution >= 0.6 is 0 Å². The highest BCUT2D eigenvalue weighted by molar-refractivity contribution is 5.79. The van der Waals surface area contributed by atoms with E-state index in [4.69, 9.17) is 4.74 Å². The van der Waals surface area contributed by atoms with Gasteiger partial charge in [0.05, 0.1) is 18.7 Å². The van der Waals surface area contributed by atoms with Gasteiger partial charge in [-0.15, -0.1) is 10.2 Å². The van der Waals surface area contributed by atoms with E-state index in [9.17, 15) is 4.79 Å². The van der Waals surface area contributed by atoms with Crippen LogP contribution in [0.2, 0.25) is 0 Å². The molecule has 1 fully saturated rings. The van der Waals surface area contributed by atoms with E-state index in [0.717, 1.165) is 47.9 Å². The molecule has 0 saturated carbocycles. The third-order valence-corrected chi connectivity index (χ3v) is 5.85. The third kappa shape index (κ3) is 5.25. The number of piperazine rings is 1. The van der Waals surface area contributed by atoms with Crippen molar-refractivity contribution in [3.63, 3.8) is 0 Å². The summed E-state index contributed by atoms with van der Waals surface area (Å²) in [7, 11) is 0. The van der Waals surface area contributed by atoms with Crippen molar-refractivity contribution >= 4 is 11.7 Å². The summed E-state index contributed by atoms with van der Waals surface area (Å²) in [5.41, 5.74) is 4.27. The minimum atomic E-state index is 0.158. The van der Waals surface area contributed by atoms with E-state index in [1.165, 1.54) is 5.56 Å². The number of nitrogens with zero attached hydrogens (tertiary/aromatic N) is 4. The number of hydrogen-bond donors (Lipinski definition) is 0. The van der Waals surface area contributed by atoms with Gasteiger partial charge in [-0.1, -0.05) is 43.3 Å². The van der Waals surface area contributed by atoms with E-state index in [-0.39, 0.29) is 5.91 Å². The normalized spacial score (nSPS) is 13.8. The third-order valence-electron chi connectivity index (χ3n) is 5.85. The lowest BCUT2D eigenvalue weighted by molar-refractivity contribution is -0.130. The number of aromatic nitrogens is 2. The molecule has 6 heteroatoms. The van der Waals surface area contributed by atoms with Gasteiger partial charge in [0.1, 0.15) is 5.75 Å². The molecule has 2 aromatic carbocycles. The highest BCUT2D eigenvalue weighted by atomic mass is 16.5. The van der Waals surface area contributed by atoms with Gasteiger partial charge in [0, 0.05) is 31.7 Å². The topological polar surface area (TPSA) is 58.6 Å². The summed E-state index contributed by atoms with van der Waals surface area (Å²) in [5.74, 6) is 1.85. The van der Waals surface area contributed by atoms with Crippen LogP contribution in [0.1, 0.15) is 25.0 Å². The van der Waals surface area contributed by atoms with Crippen molar-refractivity contribution in [2.24, 2.45) is 0 Å². The van der Waals surface area contributed by atoms with E-state index >= 15 is 0 Å². The number of carbonyl (C=O) groups is 1. The highest BCUT2D eigenvalue weighted by Crippen LogP contribution is 2.20. The SMILES string of the molecule is CCOc1ccc(CC(=O)N2CCN(c3ccc(-c4ccc(CC)cc4)nn3)CC2)cc1. The number of benzene rings is 2. The number of aryl methyl sites for hydroxylation is 1. The Kier molecular flexibility index (Phi) is 7.00. The Morgan fingerprint density at radius 1 is 0.844 bits per heavy atom. The van der Waals surface area contributed by atoms with Gasteiger partial charge in [0.25, 0.3) is 0 Å². The van der Waals surface area contributed by atoms with Gasteiger partial charge in [-0.3, -0.25) is 4.79 Å². The molecule has 4 rings (SSSR count). The van der Waals surface area contributed by atoms with Crippen molar-refractivity contribution in [1.29, 1.82) is 0 Å². The molecule has 6 nitrogen and oxygen atoms in total. The zero-order chi connectivity index (χ0) is 22.3. The molecule has 1 aromatic heterocycles. The fourth-order valence-corrected chi connectivity index (χ4v) is 3.90. The molecular weight excluding hydrogens is 400 g/mol. The smallest absolute Gasteiger partial charge is 0.227 e. The molecule has 1 aliphatic rings. The van der Waals surface area contributed by atoms with E-state index in [0.29, 0.717) is 26.1 Å². The number of anilines is 1. The molecule has 1 aliphatic heterocycles. The zero-order valence-corrected chi connectivity index (χ0v) is 18.8. The molecule has 2 heterocycles. The Labute approximate surface area is 189 Å². The van der Waals surface area contributed by atoms with Crippen molar-refractivity contribution < 1.29 is 9.53 Å². The lowest BCUT2D eigenvalue weighted by Crippen LogP contribution is -2.49. The van der Waals surface area contributed by atoms with Crippen molar-refractivity contribution in [2.75, 3.05) is 37.7 Å². The molecule has 0 unspecified atom stereocenters. The first-order valence-electron chi connectivity index (χ1n) is 11.3. The van der Waals surface area contributed by atoms with Crippen LogP contribution in [0.4, 0.5) is 5.82 Å². The fourth-order valence-electron chi connectivity index (χ4n) is 3.90. The summed E-state index contributed by atoms with van der Waals surface area (Å²) in [6.07, 6.45) is 1.44. The minimum absolute atomic E-state index is 0.158. The molecule has 0 radical (unpaired) electrons. The van der Waals surface area contributed by atoms with E-state index in [2.05, 4.69) is 46.3 Å². The first-order chi connectivity index (χ1) is 15.7. The number of amides is 1. The maximum Gasteiger partial charge on any atom is 0.227 e. The number of ether oxygens (including phenoxy) is 1. The van der Waals surface area contributed by atoms with E-state index in [1.54, 1.807) is 0 Å². The first kappa shape index (κ1) is 21.8. The maximum atomic E-state index is 12.7. The molecule has 0 spiro atoms. The summed E-state index contributed by atoms with van der Waals surface area (Å²) < 4.78 is 5.47. The van der Waals surface area contributed by atoms with Crippen LogP contribution in [0.25, 0.3) is 11.3 Å². The summed E-state index contributed by atoms with van der Waals surface area (Å²) >= 11 is 0. The van der Waals surface area contributed by atoms with Crippen molar-refractivity contribution in [1.82, 2.24) is 15.1 Å². The second kappa shape index (κ2) is 10.3. The predicted molar refractivity (Wildman–Crippen MR) is 127 cm³/mol. The van der Waals surface area contributed by atoms with Crippen molar-refractivity contribution in [3.05, 3.63) is 71.8 Å². The van der Waals surface area contributed by atoms with Crippen LogP contribution in [0, 0.1) is 0 Å². The number of carbonyl (C=O) groups excluding carboxylic acids is 1. The van der Waals surface area contributed by atoms with E-state index in [1.807, 2.05) is 48.2 Å². The molecule has 166 valence electrons. The van der Waals surface area contributed by atoms with Gasteiger partial charge in [-0.2, -0.15) is 0 Å². The number of rotatable bonds is 7. The van der Waals surface area contributed by atoms with Crippen LogP contribution < -0.4 is 9.64 Å². The lowest BCUT2D eigenvalue weighted by atomic mass is 10.1. The molecule has 1 saturated heterocycles. The molecule has 3 aromatic rings. The fraction of sp³-hybridized carbons (Fsp3) is 0.346. The van der Waals surface area contributed by atoms with Gasteiger partial charge < -0.3 is 14.5 Å². The molecule has 0 atom stereocenters. The predicted octanol–water partition coefficient (Wildman–Crippen LogP) is 4.00. The van der Waals surface area contributed by atoms with Crippen LogP contribution in [0.5, 0.6) is 5.75 Å². The summed E-state index contributed by atoms with van der Waals surface area (Å²) in [6.45, 7) is 7.65. The van der Waals surface area contributed by atoms with Crippen molar-refractivity contribution in [2.45, 2.75) is 26.7 Å². The average molecular weight is 431 g/mol. The van der Waals surface area contributed by atoms with Crippen LogP contribution in [0.3, 0.4) is 0 Å². The summed E-state index contributed by atoms with van der Waals surface area (Å²) in [4.78, 5) is 16.8. The Hall–Kier alpha value is -3.41. The Morgan fingerprint density at radius 3 is 2.12 bits per heavy atom. The molecule has 32 heavy (non-hydrogen) atoms. The minimum Gasteiger partial charge on any atom is -0.494 e. The second-order valence-corrected chi connectivity index (χ2v) is 7.95. The molecule has 1 amide bonds. The van der Waals surface area contributed by atoms with E-state index < -0.39 is 0 Å². The molecule has 0 bridgehead atoms. The quantitative estimate of drug-likeness (QED) is 0.567. The summed E-state index contributed by atoms with van der Waals surface area (Å²) in [5, 5.41) is 8.87. The summed E-state index contributed by atoms with van der Waals surface area (Å²) in [6, 6.07) is 20.3. The highest BCUT2D eigenvalue weighted by Gasteiger charge is 2.22. The molecule has 0 N–H and O–H groups in total. The van der Waals surface area contributed by atoms with Crippen LogP contribution in [0.15, 0.2) is 60.7 Å². The van der Waals surface area contributed by atoms with Gasteiger partial charge >= 0.3 is 0 Å². The van der Waals surface area contributed by atoms with Crippen LogP contribution in [-0.4, -0.2) is 53.8 Å². The Bertz CT molecular complexity index is 1010. The Balaban J connectivity index is 1.30. The van der Waals surface area contributed by atoms with Gasteiger partial charge in [0.15, 0.2) is 5.82 Å². The van der Waals surface area contributed by atoms with Gasteiger partial charge in [-0.25, -0.2) is 0 Å². The maximum absolute atomic E-state index is 12.7. The zero-order valence-electron chi connectivity index (χ0n) is 18.8. The van der Waals surface area contributed by atoms with Crippen molar-refractivity contribution in [3.8, 4) is 17.0 Å². The van der Waals surface area contributed by atoms with Gasteiger partial charge in [-0.05, 0) is 48.7 Å². The second-order valence-electron chi connectivity index (χ2n) is 7.95. The van der Waals surface area contributed by atoms with Gasteiger partial charge in [0.2, 0.25) is 5.91 Å². The first-order valence-corrected chi connectivity index (χ1v) is 11.3. The molecule has 0 aliphatic carbocycles. The standard InChI is InChI=1S/C26H30N4O2/c1-3-20-5-9-22(10-6-20)24-13-14-25(28-27-24)29-15-17-30(18-16-29)26(31)19-21-7-11-23(12-8-21)32-4-2/h5-14H,3-4,15-19H2,1-2H3. The Morgan fingerprint density at radius 2 is 1.53 bits per heavy atom. The monoisotopic (exact) mass is 430 g/mol.